The van der Waals surface area contributed by atoms with Crippen LogP contribution in [0.25, 0.3) is 33.7 Å². The number of aromatic nitrogens is 3. The molecule has 25 heavy (non-hydrogen) atoms. The smallest absolute Gasteiger partial charge is 0.337 e. The number of fused-ring (bicyclic) bond motifs is 1. The SMILES string of the molecule is COC(=O)c1ccc(-c2cccc(-c3nc4ncccc4[nH]3)c2)cc1. The average molecular weight is 329 g/mol. The first-order chi connectivity index (χ1) is 12.2. The fourth-order valence-corrected chi connectivity index (χ4v) is 2.74. The van der Waals surface area contributed by atoms with Gasteiger partial charge in [0.2, 0.25) is 0 Å². The van der Waals surface area contributed by atoms with Crippen molar-refractivity contribution in [1.82, 2.24) is 15.0 Å². The zero-order valence-electron chi connectivity index (χ0n) is 13.6. The van der Waals surface area contributed by atoms with Gasteiger partial charge in [0.25, 0.3) is 0 Å². The van der Waals surface area contributed by atoms with E-state index in [1.165, 1.54) is 7.11 Å². The Balaban J connectivity index is 1.70. The molecule has 0 aliphatic carbocycles. The van der Waals surface area contributed by atoms with Crippen molar-refractivity contribution in [2.24, 2.45) is 0 Å². The minimum atomic E-state index is -0.338. The lowest BCUT2D eigenvalue weighted by Gasteiger charge is -2.05. The van der Waals surface area contributed by atoms with Gasteiger partial charge >= 0.3 is 5.97 Å². The number of imidazole rings is 1. The monoisotopic (exact) mass is 329 g/mol. The van der Waals surface area contributed by atoms with Crippen LogP contribution in [0.1, 0.15) is 10.4 Å². The summed E-state index contributed by atoms with van der Waals surface area (Å²) in [5.41, 5.74) is 5.18. The lowest BCUT2D eigenvalue weighted by atomic mass is 10.0. The molecule has 0 saturated carbocycles. The fraction of sp³-hybridized carbons (Fsp3) is 0.0500. The summed E-state index contributed by atoms with van der Waals surface area (Å²) in [7, 11) is 1.38. The number of carbonyl (C=O) groups is 1. The first kappa shape index (κ1) is 15.1. The summed E-state index contributed by atoms with van der Waals surface area (Å²) in [5.74, 6) is 0.441. The lowest BCUT2D eigenvalue weighted by Crippen LogP contribution is -2.00. The molecule has 2 aromatic heterocycles. The molecule has 5 nitrogen and oxygen atoms in total. The van der Waals surface area contributed by atoms with Gasteiger partial charge in [-0.25, -0.2) is 14.8 Å². The number of H-pyrrole nitrogens is 1. The molecule has 0 unspecified atom stereocenters. The maximum atomic E-state index is 11.5. The Hall–Kier alpha value is -3.47. The summed E-state index contributed by atoms with van der Waals surface area (Å²) in [5, 5.41) is 0. The number of nitrogens with one attached hydrogen (secondary N) is 1. The molecule has 1 N–H and O–H groups in total. The zero-order chi connectivity index (χ0) is 17.2. The molecule has 2 heterocycles. The largest absolute Gasteiger partial charge is 0.465 e. The van der Waals surface area contributed by atoms with Gasteiger partial charge in [0, 0.05) is 11.8 Å². The van der Waals surface area contributed by atoms with Crippen LogP contribution in [-0.2, 0) is 4.74 Å². The van der Waals surface area contributed by atoms with E-state index < -0.39 is 0 Å². The third kappa shape index (κ3) is 2.87. The summed E-state index contributed by atoms with van der Waals surface area (Å²) in [6, 6.07) is 19.2. The third-order valence-electron chi connectivity index (χ3n) is 4.03. The molecule has 0 saturated heterocycles. The van der Waals surface area contributed by atoms with Crippen LogP contribution < -0.4 is 0 Å². The summed E-state index contributed by atoms with van der Waals surface area (Å²) in [6.07, 6.45) is 1.73. The molecule has 0 aliphatic heterocycles. The molecule has 0 spiro atoms. The number of methoxy groups -OCH3 is 1. The molecule has 5 heteroatoms. The second kappa shape index (κ2) is 6.20. The van der Waals surface area contributed by atoms with Crippen LogP contribution in [0.2, 0.25) is 0 Å². The zero-order valence-corrected chi connectivity index (χ0v) is 13.6. The van der Waals surface area contributed by atoms with Crippen LogP contribution in [0.3, 0.4) is 0 Å². The average Bonchev–Trinajstić information content (AvgIpc) is 3.12. The molecule has 4 rings (SSSR count). The molecule has 0 atom stereocenters. The van der Waals surface area contributed by atoms with E-state index in [2.05, 4.69) is 21.0 Å². The van der Waals surface area contributed by atoms with Gasteiger partial charge in [0.15, 0.2) is 5.65 Å². The van der Waals surface area contributed by atoms with Crippen molar-refractivity contribution < 1.29 is 9.53 Å². The highest BCUT2D eigenvalue weighted by Gasteiger charge is 2.08. The van der Waals surface area contributed by atoms with Crippen LogP contribution in [-0.4, -0.2) is 28.0 Å². The second-order valence-electron chi connectivity index (χ2n) is 5.61. The van der Waals surface area contributed by atoms with Crippen molar-refractivity contribution in [3.05, 3.63) is 72.4 Å². The van der Waals surface area contributed by atoms with Crippen LogP contribution in [0.4, 0.5) is 0 Å². The van der Waals surface area contributed by atoms with Gasteiger partial charge in [-0.05, 0) is 41.5 Å². The Morgan fingerprint density at radius 2 is 1.76 bits per heavy atom. The Bertz CT molecular complexity index is 1020. The summed E-state index contributed by atoms with van der Waals surface area (Å²) < 4.78 is 4.73. The van der Waals surface area contributed by atoms with Crippen molar-refractivity contribution in [2.75, 3.05) is 7.11 Å². The molecular weight excluding hydrogens is 314 g/mol. The maximum Gasteiger partial charge on any atom is 0.337 e. The van der Waals surface area contributed by atoms with E-state index >= 15 is 0 Å². The number of carbonyl (C=O) groups excluding carboxylic acids is 1. The van der Waals surface area contributed by atoms with Crippen molar-refractivity contribution in [3.63, 3.8) is 0 Å². The van der Waals surface area contributed by atoms with Crippen molar-refractivity contribution in [2.45, 2.75) is 0 Å². The van der Waals surface area contributed by atoms with Crippen LogP contribution in [0.5, 0.6) is 0 Å². The highest BCUT2D eigenvalue weighted by atomic mass is 16.5. The molecular formula is C20H15N3O2. The van der Waals surface area contributed by atoms with E-state index in [0.29, 0.717) is 11.2 Å². The van der Waals surface area contributed by atoms with Crippen molar-refractivity contribution >= 4 is 17.1 Å². The number of pyridine rings is 1. The summed E-state index contributed by atoms with van der Waals surface area (Å²) in [4.78, 5) is 23.6. The van der Waals surface area contributed by atoms with E-state index in [-0.39, 0.29) is 5.97 Å². The first-order valence-electron chi connectivity index (χ1n) is 7.84. The Morgan fingerprint density at radius 3 is 2.52 bits per heavy atom. The molecule has 122 valence electrons. The number of hydrogen-bond donors (Lipinski definition) is 1. The van der Waals surface area contributed by atoms with Crippen LogP contribution in [0, 0.1) is 0 Å². The van der Waals surface area contributed by atoms with E-state index in [1.807, 2.05) is 42.5 Å². The number of esters is 1. The predicted molar refractivity (Wildman–Crippen MR) is 96.1 cm³/mol. The molecule has 0 aliphatic rings. The van der Waals surface area contributed by atoms with Crippen LogP contribution >= 0.6 is 0 Å². The molecule has 2 aromatic carbocycles. The highest BCUT2D eigenvalue weighted by molar-refractivity contribution is 5.90. The number of nitrogens with zero attached hydrogens (tertiary/aromatic N) is 2. The fourth-order valence-electron chi connectivity index (χ4n) is 2.74. The van der Waals surface area contributed by atoms with E-state index in [4.69, 9.17) is 4.74 Å². The lowest BCUT2D eigenvalue weighted by molar-refractivity contribution is 0.0601. The van der Waals surface area contributed by atoms with E-state index in [9.17, 15) is 4.79 Å². The molecule has 0 fully saturated rings. The minimum absolute atomic E-state index is 0.338. The Kier molecular flexibility index (Phi) is 3.74. The van der Waals surface area contributed by atoms with Gasteiger partial charge in [0.1, 0.15) is 5.82 Å². The van der Waals surface area contributed by atoms with Gasteiger partial charge in [-0.1, -0.05) is 30.3 Å². The first-order valence-corrected chi connectivity index (χ1v) is 7.84. The Morgan fingerprint density at radius 1 is 0.960 bits per heavy atom. The van der Waals surface area contributed by atoms with Crippen molar-refractivity contribution in [1.29, 1.82) is 0 Å². The van der Waals surface area contributed by atoms with Crippen molar-refractivity contribution in [3.8, 4) is 22.5 Å². The van der Waals surface area contributed by atoms with Crippen LogP contribution in [0.15, 0.2) is 66.9 Å². The van der Waals surface area contributed by atoms with Gasteiger partial charge in [0.05, 0.1) is 18.2 Å². The number of hydrogen-bond acceptors (Lipinski definition) is 4. The molecule has 4 aromatic rings. The number of aromatic amines is 1. The summed E-state index contributed by atoms with van der Waals surface area (Å²) in [6.45, 7) is 0. The number of ether oxygens (including phenoxy) is 1. The molecule has 0 radical (unpaired) electrons. The maximum absolute atomic E-state index is 11.5. The quantitative estimate of drug-likeness (QED) is 0.575. The van der Waals surface area contributed by atoms with E-state index in [1.54, 1.807) is 18.3 Å². The van der Waals surface area contributed by atoms with Gasteiger partial charge in [-0.3, -0.25) is 0 Å². The van der Waals surface area contributed by atoms with Gasteiger partial charge in [-0.15, -0.1) is 0 Å². The molecule has 0 bridgehead atoms. The van der Waals surface area contributed by atoms with Gasteiger partial charge in [-0.2, -0.15) is 0 Å². The third-order valence-corrected chi connectivity index (χ3v) is 4.03. The van der Waals surface area contributed by atoms with E-state index in [0.717, 1.165) is 28.0 Å². The number of benzene rings is 2. The molecule has 0 amide bonds. The van der Waals surface area contributed by atoms with Gasteiger partial charge < -0.3 is 9.72 Å². The topological polar surface area (TPSA) is 67.9 Å². The Labute approximate surface area is 144 Å². The highest BCUT2D eigenvalue weighted by Crippen LogP contribution is 2.26. The standard InChI is InChI=1S/C20H15N3O2/c1-25-20(24)14-9-7-13(8-10-14)15-4-2-5-16(12-15)18-22-17-6-3-11-21-19(17)23-18/h2-12H,1H3,(H,21,22,23). The normalized spacial score (nSPS) is 10.8. The summed E-state index contributed by atoms with van der Waals surface area (Å²) >= 11 is 0. The number of rotatable bonds is 3. The predicted octanol–water partition coefficient (Wildman–Crippen LogP) is 4.08. The minimum Gasteiger partial charge on any atom is -0.465 e. The second-order valence-corrected chi connectivity index (χ2v) is 5.61.